The van der Waals surface area contributed by atoms with Gasteiger partial charge in [-0.2, -0.15) is 0 Å². The third kappa shape index (κ3) is 3.80. The van der Waals surface area contributed by atoms with Crippen molar-refractivity contribution in [2.45, 2.75) is 6.54 Å². The van der Waals surface area contributed by atoms with Gasteiger partial charge in [0.1, 0.15) is 5.82 Å². The number of oxazole rings is 1. The minimum atomic E-state index is -1.07. The van der Waals surface area contributed by atoms with E-state index in [0.717, 1.165) is 37.6 Å². The smallest absolute Gasteiger partial charge is 0.358 e. The fourth-order valence-electron chi connectivity index (χ4n) is 3.12. The van der Waals surface area contributed by atoms with Crippen LogP contribution >= 0.6 is 0 Å². The largest absolute Gasteiger partial charge is 0.476 e. The Morgan fingerprint density at radius 1 is 1.11 bits per heavy atom. The maximum Gasteiger partial charge on any atom is 0.358 e. The quantitative estimate of drug-likeness (QED) is 0.735. The first kappa shape index (κ1) is 17.2. The molecule has 2 aromatic heterocycles. The number of aromatic carboxylic acids is 1. The fraction of sp³-hybridized carbons (Fsp3) is 0.263. The summed E-state index contributed by atoms with van der Waals surface area (Å²) in [6.45, 7) is 3.55. The Labute approximate surface area is 156 Å². The molecule has 1 aliphatic rings. The van der Waals surface area contributed by atoms with Crippen LogP contribution in [0.4, 0.5) is 5.82 Å². The minimum absolute atomic E-state index is 0.0230. The van der Waals surface area contributed by atoms with Gasteiger partial charge in [0.05, 0.1) is 12.7 Å². The van der Waals surface area contributed by atoms with Crippen LogP contribution in [0, 0.1) is 0 Å². The Morgan fingerprint density at radius 3 is 2.56 bits per heavy atom. The van der Waals surface area contributed by atoms with E-state index in [4.69, 9.17) is 4.42 Å². The number of rotatable bonds is 5. The van der Waals surface area contributed by atoms with E-state index in [9.17, 15) is 9.90 Å². The zero-order chi connectivity index (χ0) is 18.6. The lowest BCUT2D eigenvalue weighted by atomic mass is 10.2. The van der Waals surface area contributed by atoms with Gasteiger partial charge in [-0.05, 0) is 12.1 Å². The van der Waals surface area contributed by atoms with Gasteiger partial charge >= 0.3 is 5.97 Å². The Balaban J connectivity index is 1.47. The molecular formula is C19H19N5O3. The van der Waals surface area contributed by atoms with Gasteiger partial charge in [0, 0.05) is 44.1 Å². The number of hydrogen-bond acceptors (Lipinski definition) is 7. The van der Waals surface area contributed by atoms with Crippen LogP contribution in [-0.4, -0.2) is 57.1 Å². The SMILES string of the molecule is O=C(O)c1nc(-c2ccccc2)oc1CN1CCN(c2cnccn2)CC1. The molecule has 8 heteroatoms. The molecule has 138 valence electrons. The van der Waals surface area contributed by atoms with Crippen molar-refractivity contribution in [3.05, 3.63) is 60.4 Å². The van der Waals surface area contributed by atoms with Crippen LogP contribution in [0.3, 0.4) is 0 Å². The van der Waals surface area contributed by atoms with Crippen LogP contribution in [0.5, 0.6) is 0 Å². The molecule has 1 aromatic carbocycles. The monoisotopic (exact) mass is 365 g/mol. The summed E-state index contributed by atoms with van der Waals surface area (Å²) < 4.78 is 5.81. The Hall–Kier alpha value is -3.26. The van der Waals surface area contributed by atoms with E-state index in [1.807, 2.05) is 30.3 Å². The number of piperazine rings is 1. The van der Waals surface area contributed by atoms with E-state index in [0.29, 0.717) is 18.2 Å². The molecule has 4 rings (SSSR count). The molecule has 0 atom stereocenters. The Kier molecular flexibility index (Phi) is 4.80. The normalized spacial score (nSPS) is 15.0. The van der Waals surface area contributed by atoms with Crippen molar-refractivity contribution in [3.63, 3.8) is 0 Å². The van der Waals surface area contributed by atoms with Crippen molar-refractivity contribution >= 4 is 11.8 Å². The van der Waals surface area contributed by atoms with Crippen LogP contribution in [0.1, 0.15) is 16.2 Å². The molecule has 0 unspecified atom stereocenters. The second-order valence-electron chi connectivity index (χ2n) is 6.29. The van der Waals surface area contributed by atoms with Gasteiger partial charge in [-0.3, -0.25) is 9.88 Å². The summed E-state index contributed by atoms with van der Waals surface area (Å²) in [5, 5.41) is 9.48. The molecular weight excluding hydrogens is 346 g/mol. The van der Waals surface area contributed by atoms with Crippen LogP contribution < -0.4 is 4.90 Å². The lowest BCUT2D eigenvalue weighted by Gasteiger charge is -2.34. The van der Waals surface area contributed by atoms with Crippen LogP contribution in [0.2, 0.25) is 0 Å². The summed E-state index contributed by atoms with van der Waals surface area (Å²) in [5.41, 5.74) is 0.740. The topological polar surface area (TPSA) is 95.6 Å². The van der Waals surface area contributed by atoms with Crippen molar-refractivity contribution in [1.82, 2.24) is 19.9 Å². The van der Waals surface area contributed by atoms with E-state index in [1.165, 1.54) is 0 Å². The van der Waals surface area contributed by atoms with E-state index in [1.54, 1.807) is 18.6 Å². The average molecular weight is 365 g/mol. The summed E-state index contributed by atoms with van der Waals surface area (Å²) in [5.74, 6) is 0.499. The first-order valence-electron chi connectivity index (χ1n) is 8.72. The van der Waals surface area contributed by atoms with Gasteiger partial charge in [0.2, 0.25) is 5.89 Å². The standard InChI is InChI=1S/C19H19N5O3/c25-19(26)17-15(27-18(22-17)14-4-2-1-3-5-14)13-23-8-10-24(11-9-23)16-12-20-6-7-21-16/h1-7,12H,8-11,13H2,(H,25,26). The van der Waals surface area contributed by atoms with Crippen molar-refractivity contribution in [2.75, 3.05) is 31.1 Å². The van der Waals surface area contributed by atoms with Gasteiger partial charge in [-0.1, -0.05) is 18.2 Å². The summed E-state index contributed by atoms with van der Waals surface area (Å²) in [4.78, 5) is 28.5. The summed E-state index contributed by atoms with van der Waals surface area (Å²) in [6.07, 6.45) is 5.09. The molecule has 1 saturated heterocycles. The highest BCUT2D eigenvalue weighted by Crippen LogP contribution is 2.24. The van der Waals surface area contributed by atoms with Crippen LogP contribution in [-0.2, 0) is 6.54 Å². The highest BCUT2D eigenvalue weighted by Gasteiger charge is 2.24. The summed E-state index contributed by atoms with van der Waals surface area (Å²) in [7, 11) is 0. The zero-order valence-corrected chi connectivity index (χ0v) is 14.7. The lowest BCUT2D eigenvalue weighted by molar-refractivity contribution is 0.0686. The van der Waals surface area contributed by atoms with Gasteiger partial charge < -0.3 is 14.4 Å². The third-order valence-electron chi connectivity index (χ3n) is 4.53. The predicted octanol–water partition coefficient (Wildman–Crippen LogP) is 2.15. The maximum atomic E-state index is 11.6. The van der Waals surface area contributed by atoms with Crippen molar-refractivity contribution in [3.8, 4) is 11.5 Å². The minimum Gasteiger partial charge on any atom is -0.476 e. The average Bonchev–Trinajstić information content (AvgIpc) is 3.14. The molecule has 0 saturated carbocycles. The first-order chi connectivity index (χ1) is 13.2. The number of benzene rings is 1. The molecule has 0 amide bonds. The molecule has 1 aliphatic heterocycles. The van der Waals surface area contributed by atoms with Crippen molar-refractivity contribution in [2.24, 2.45) is 0 Å². The molecule has 0 bridgehead atoms. The summed E-state index contributed by atoms with van der Waals surface area (Å²) in [6, 6.07) is 9.32. The number of nitrogens with zero attached hydrogens (tertiary/aromatic N) is 5. The Bertz CT molecular complexity index is 906. The molecule has 27 heavy (non-hydrogen) atoms. The van der Waals surface area contributed by atoms with Crippen molar-refractivity contribution in [1.29, 1.82) is 0 Å². The molecule has 0 radical (unpaired) electrons. The van der Waals surface area contributed by atoms with Crippen LogP contribution in [0.25, 0.3) is 11.5 Å². The fourth-order valence-corrected chi connectivity index (χ4v) is 3.12. The number of carboxylic acids is 1. The first-order valence-corrected chi connectivity index (χ1v) is 8.72. The van der Waals surface area contributed by atoms with Crippen molar-refractivity contribution < 1.29 is 14.3 Å². The molecule has 1 fully saturated rings. The molecule has 8 nitrogen and oxygen atoms in total. The van der Waals surface area contributed by atoms with E-state index >= 15 is 0 Å². The lowest BCUT2D eigenvalue weighted by Crippen LogP contribution is -2.46. The zero-order valence-electron chi connectivity index (χ0n) is 14.7. The van der Waals surface area contributed by atoms with E-state index in [-0.39, 0.29) is 5.69 Å². The second kappa shape index (κ2) is 7.55. The third-order valence-corrected chi connectivity index (χ3v) is 4.53. The summed E-state index contributed by atoms with van der Waals surface area (Å²) >= 11 is 0. The van der Waals surface area contributed by atoms with Gasteiger partial charge in [0.15, 0.2) is 11.5 Å². The number of aromatic nitrogens is 3. The van der Waals surface area contributed by atoms with E-state index in [2.05, 4.69) is 24.8 Å². The highest BCUT2D eigenvalue weighted by atomic mass is 16.4. The molecule has 0 spiro atoms. The number of carbonyl (C=O) groups is 1. The number of hydrogen-bond donors (Lipinski definition) is 1. The van der Waals surface area contributed by atoms with Crippen LogP contribution in [0.15, 0.2) is 53.3 Å². The molecule has 1 N–H and O–H groups in total. The predicted molar refractivity (Wildman–Crippen MR) is 98.4 cm³/mol. The Morgan fingerprint density at radius 2 is 1.89 bits per heavy atom. The second-order valence-corrected chi connectivity index (χ2v) is 6.29. The molecule has 3 aromatic rings. The molecule has 0 aliphatic carbocycles. The van der Waals surface area contributed by atoms with Gasteiger partial charge in [-0.15, -0.1) is 0 Å². The maximum absolute atomic E-state index is 11.6. The molecule has 3 heterocycles. The van der Waals surface area contributed by atoms with E-state index < -0.39 is 5.97 Å². The number of carboxylic acid groups (broad SMARTS) is 1. The van der Waals surface area contributed by atoms with Gasteiger partial charge in [-0.25, -0.2) is 14.8 Å². The number of anilines is 1. The van der Waals surface area contributed by atoms with Gasteiger partial charge in [0.25, 0.3) is 0 Å². The highest BCUT2D eigenvalue weighted by molar-refractivity contribution is 5.87.